The molecule has 0 fully saturated rings. The van der Waals surface area contributed by atoms with Crippen LogP contribution in [0.2, 0.25) is 0 Å². The van der Waals surface area contributed by atoms with Gasteiger partial charge in [0.15, 0.2) is 0 Å². The van der Waals surface area contributed by atoms with Crippen LogP contribution in [0, 0.1) is 0 Å². The molecule has 0 aliphatic carbocycles. The van der Waals surface area contributed by atoms with E-state index in [4.69, 9.17) is 9.84 Å². The quantitative estimate of drug-likeness (QED) is 0.0934. The maximum Gasteiger partial charge on any atom is 0.306 e. The van der Waals surface area contributed by atoms with Crippen LogP contribution in [0.3, 0.4) is 0 Å². The number of esters is 1. The first-order chi connectivity index (χ1) is 16.6. The van der Waals surface area contributed by atoms with E-state index < -0.39 is 5.97 Å². The number of carbonyl (C=O) groups excluding carboxylic acids is 1. The van der Waals surface area contributed by atoms with Gasteiger partial charge in [-0.05, 0) is 38.5 Å². The monoisotopic (exact) mass is 482 g/mol. The van der Waals surface area contributed by atoms with Crippen LogP contribution in [0.25, 0.3) is 0 Å². The number of carboxylic acids is 1. The van der Waals surface area contributed by atoms with Crippen molar-refractivity contribution in [1.29, 1.82) is 0 Å². The Hall–Kier alpha value is -1.06. The molecule has 0 aliphatic heterocycles. The van der Waals surface area contributed by atoms with Crippen molar-refractivity contribution in [3.05, 3.63) is 0 Å². The first-order valence-electron chi connectivity index (χ1n) is 15.0. The SMILES string of the molecule is CCCCCCCCCCCC(=O)OC(CCCCC)CCCCCCCCCCCC(=O)O. The Kier molecular flexibility index (Phi) is 25.7. The fourth-order valence-corrected chi connectivity index (χ4v) is 4.59. The van der Waals surface area contributed by atoms with E-state index in [2.05, 4.69) is 13.8 Å². The molecule has 1 atom stereocenters. The molecule has 1 unspecified atom stereocenters. The number of rotatable bonds is 27. The summed E-state index contributed by atoms with van der Waals surface area (Å²) in [7, 11) is 0. The molecular weight excluding hydrogens is 424 g/mol. The normalized spacial score (nSPS) is 12.1. The van der Waals surface area contributed by atoms with E-state index in [9.17, 15) is 9.59 Å². The molecule has 0 aromatic heterocycles. The van der Waals surface area contributed by atoms with Gasteiger partial charge in [0, 0.05) is 12.8 Å². The molecule has 0 aromatic carbocycles. The number of unbranched alkanes of at least 4 members (excludes halogenated alkanes) is 18. The molecule has 0 aliphatic rings. The highest BCUT2D eigenvalue weighted by Crippen LogP contribution is 2.18. The standard InChI is InChI=1S/C30H58O4/c1-3-5-7-8-9-11-16-19-23-27-30(33)34-28(24-20-6-4-2)25-21-17-14-12-10-13-15-18-22-26-29(31)32/h28H,3-27H2,1-2H3,(H,31,32). The van der Waals surface area contributed by atoms with E-state index >= 15 is 0 Å². The molecule has 0 radical (unpaired) electrons. The summed E-state index contributed by atoms with van der Waals surface area (Å²) in [6, 6.07) is 0. The predicted octanol–water partition coefficient (Wildman–Crippen LogP) is 9.78. The van der Waals surface area contributed by atoms with E-state index in [0.717, 1.165) is 57.8 Å². The van der Waals surface area contributed by atoms with Gasteiger partial charge in [0.25, 0.3) is 0 Å². The third-order valence-electron chi connectivity index (χ3n) is 6.83. The minimum absolute atomic E-state index is 0.0207. The Morgan fingerprint density at radius 2 is 0.882 bits per heavy atom. The Labute approximate surface area is 212 Å². The van der Waals surface area contributed by atoms with E-state index in [0.29, 0.717) is 12.8 Å². The van der Waals surface area contributed by atoms with Crippen LogP contribution in [-0.4, -0.2) is 23.1 Å². The zero-order chi connectivity index (χ0) is 25.1. The molecule has 202 valence electrons. The van der Waals surface area contributed by atoms with Crippen LogP contribution in [0.15, 0.2) is 0 Å². The highest BCUT2D eigenvalue weighted by molar-refractivity contribution is 5.69. The van der Waals surface area contributed by atoms with Crippen molar-refractivity contribution >= 4 is 11.9 Å². The van der Waals surface area contributed by atoms with Crippen molar-refractivity contribution in [3.8, 4) is 0 Å². The lowest BCUT2D eigenvalue weighted by molar-refractivity contribution is -0.150. The molecule has 0 amide bonds. The van der Waals surface area contributed by atoms with Crippen molar-refractivity contribution in [2.75, 3.05) is 0 Å². The highest BCUT2D eigenvalue weighted by atomic mass is 16.5. The van der Waals surface area contributed by atoms with Gasteiger partial charge in [-0.1, -0.05) is 123 Å². The Morgan fingerprint density at radius 3 is 1.35 bits per heavy atom. The molecule has 0 aromatic rings. The van der Waals surface area contributed by atoms with Gasteiger partial charge in [0.05, 0.1) is 0 Å². The summed E-state index contributed by atoms with van der Waals surface area (Å²) in [5, 5.41) is 8.65. The maximum absolute atomic E-state index is 12.4. The van der Waals surface area contributed by atoms with Gasteiger partial charge in [0.1, 0.15) is 6.10 Å². The summed E-state index contributed by atoms with van der Waals surface area (Å²) in [6.07, 6.45) is 28.4. The first-order valence-corrected chi connectivity index (χ1v) is 15.0. The number of carbonyl (C=O) groups is 2. The van der Waals surface area contributed by atoms with E-state index in [-0.39, 0.29) is 12.1 Å². The fraction of sp³-hybridized carbons (Fsp3) is 0.933. The predicted molar refractivity (Wildman–Crippen MR) is 144 cm³/mol. The van der Waals surface area contributed by atoms with Crippen molar-refractivity contribution in [3.63, 3.8) is 0 Å². The molecule has 0 spiro atoms. The summed E-state index contributed by atoms with van der Waals surface area (Å²) in [4.78, 5) is 22.9. The summed E-state index contributed by atoms with van der Waals surface area (Å²) >= 11 is 0. The molecule has 4 heteroatoms. The number of ether oxygens (including phenoxy) is 1. The van der Waals surface area contributed by atoms with Crippen molar-refractivity contribution in [1.82, 2.24) is 0 Å². The third-order valence-corrected chi connectivity index (χ3v) is 6.83. The van der Waals surface area contributed by atoms with Gasteiger partial charge >= 0.3 is 11.9 Å². The van der Waals surface area contributed by atoms with E-state index in [1.54, 1.807) is 0 Å². The van der Waals surface area contributed by atoms with Crippen LogP contribution in [0.5, 0.6) is 0 Å². The van der Waals surface area contributed by atoms with Crippen LogP contribution >= 0.6 is 0 Å². The maximum atomic E-state index is 12.4. The highest BCUT2D eigenvalue weighted by Gasteiger charge is 2.14. The largest absolute Gasteiger partial charge is 0.481 e. The molecular formula is C30H58O4. The van der Waals surface area contributed by atoms with Crippen molar-refractivity contribution in [2.24, 2.45) is 0 Å². The average Bonchev–Trinajstić information content (AvgIpc) is 2.81. The third kappa shape index (κ3) is 25.6. The van der Waals surface area contributed by atoms with Gasteiger partial charge in [0.2, 0.25) is 0 Å². The van der Waals surface area contributed by atoms with Gasteiger partial charge in [-0.3, -0.25) is 9.59 Å². The molecule has 0 saturated carbocycles. The van der Waals surface area contributed by atoms with Gasteiger partial charge < -0.3 is 9.84 Å². The minimum Gasteiger partial charge on any atom is -0.481 e. The smallest absolute Gasteiger partial charge is 0.306 e. The molecule has 1 N–H and O–H groups in total. The fourth-order valence-electron chi connectivity index (χ4n) is 4.59. The number of aliphatic carboxylic acids is 1. The molecule has 0 heterocycles. The zero-order valence-electron chi connectivity index (χ0n) is 22.9. The van der Waals surface area contributed by atoms with E-state index in [1.807, 2.05) is 0 Å². The summed E-state index contributed by atoms with van der Waals surface area (Å²) in [5.74, 6) is -0.658. The van der Waals surface area contributed by atoms with Crippen LogP contribution < -0.4 is 0 Å². The first kappa shape index (κ1) is 32.9. The zero-order valence-corrected chi connectivity index (χ0v) is 22.9. The number of hydrogen-bond donors (Lipinski definition) is 1. The van der Waals surface area contributed by atoms with Crippen molar-refractivity contribution < 1.29 is 19.4 Å². The minimum atomic E-state index is -0.679. The second-order valence-corrected chi connectivity index (χ2v) is 10.3. The molecule has 0 rings (SSSR count). The summed E-state index contributed by atoms with van der Waals surface area (Å²) in [5.41, 5.74) is 0. The van der Waals surface area contributed by atoms with Gasteiger partial charge in [-0.15, -0.1) is 0 Å². The van der Waals surface area contributed by atoms with Crippen LogP contribution in [0.4, 0.5) is 0 Å². The summed E-state index contributed by atoms with van der Waals surface area (Å²) in [6.45, 7) is 4.48. The molecule has 0 bridgehead atoms. The molecule has 0 saturated heterocycles. The Balaban J connectivity index is 3.79. The molecule has 34 heavy (non-hydrogen) atoms. The van der Waals surface area contributed by atoms with Crippen molar-refractivity contribution in [2.45, 2.75) is 180 Å². The van der Waals surface area contributed by atoms with Gasteiger partial charge in [-0.25, -0.2) is 0 Å². The second-order valence-electron chi connectivity index (χ2n) is 10.3. The number of carboxylic acid groups (broad SMARTS) is 1. The Morgan fingerprint density at radius 1 is 0.529 bits per heavy atom. The lowest BCUT2D eigenvalue weighted by Gasteiger charge is -2.18. The van der Waals surface area contributed by atoms with E-state index in [1.165, 1.54) is 89.9 Å². The topological polar surface area (TPSA) is 63.6 Å². The van der Waals surface area contributed by atoms with Gasteiger partial charge in [-0.2, -0.15) is 0 Å². The lowest BCUT2D eigenvalue weighted by atomic mass is 10.0. The Bertz CT molecular complexity index is 449. The van der Waals surface area contributed by atoms with Crippen LogP contribution in [-0.2, 0) is 14.3 Å². The number of hydrogen-bond acceptors (Lipinski definition) is 3. The molecule has 4 nitrogen and oxygen atoms in total. The van der Waals surface area contributed by atoms with Crippen LogP contribution in [0.1, 0.15) is 174 Å². The lowest BCUT2D eigenvalue weighted by Crippen LogP contribution is -2.18. The second kappa shape index (κ2) is 26.5. The average molecular weight is 483 g/mol. The summed E-state index contributed by atoms with van der Waals surface area (Å²) < 4.78 is 5.89.